The highest BCUT2D eigenvalue weighted by Crippen LogP contribution is 2.32. The van der Waals surface area contributed by atoms with E-state index in [4.69, 9.17) is 0 Å². The molecule has 0 saturated heterocycles. The van der Waals surface area contributed by atoms with E-state index >= 15 is 0 Å². The lowest BCUT2D eigenvalue weighted by Crippen LogP contribution is -2.20. The van der Waals surface area contributed by atoms with Crippen LogP contribution in [0, 0.1) is 0 Å². The van der Waals surface area contributed by atoms with Crippen molar-refractivity contribution in [2.24, 2.45) is 0 Å². The molecule has 5 nitrogen and oxygen atoms in total. The van der Waals surface area contributed by atoms with Crippen LogP contribution in [-0.4, -0.2) is 16.2 Å². The summed E-state index contributed by atoms with van der Waals surface area (Å²) < 4.78 is 0. The van der Waals surface area contributed by atoms with Crippen LogP contribution < -0.4 is 10.6 Å². The van der Waals surface area contributed by atoms with Crippen molar-refractivity contribution in [3.63, 3.8) is 0 Å². The van der Waals surface area contributed by atoms with Crippen LogP contribution >= 0.6 is 11.3 Å². The summed E-state index contributed by atoms with van der Waals surface area (Å²) in [7, 11) is 0. The number of amides is 2. The minimum Gasteiger partial charge on any atom is -0.308 e. The molecule has 3 N–H and O–H groups in total. The molecule has 0 bridgehead atoms. The maximum absolute atomic E-state index is 12.4. The molecule has 25 heavy (non-hydrogen) atoms. The minimum atomic E-state index is -0.272. The van der Waals surface area contributed by atoms with Crippen LogP contribution in [0.25, 0.3) is 10.6 Å². The molecule has 2 amide bonds. The molecule has 0 saturated carbocycles. The lowest BCUT2D eigenvalue weighted by molar-refractivity contribution is 0.262. The van der Waals surface area contributed by atoms with Gasteiger partial charge >= 0.3 is 6.03 Å². The Hall–Kier alpha value is -2.60. The Labute approximate surface area is 151 Å². The molecule has 3 rings (SSSR count). The number of carbonyl (C=O) groups excluding carboxylic acids is 1. The summed E-state index contributed by atoms with van der Waals surface area (Å²) in [4.78, 5) is 13.4. The lowest BCUT2D eigenvalue weighted by atomic mass is 10.0. The van der Waals surface area contributed by atoms with Crippen LogP contribution in [-0.2, 0) is 6.42 Å². The fourth-order valence-corrected chi connectivity index (χ4v) is 3.31. The zero-order valence-electron chi connectivity index (χ0n) is 14.6. The van der Waals surface area contributed by atoms with Crippen LogP contribution in [0.4, 0.5) is 16.2 Å². The van der Waals surface area contributed by atoms with Crippen LogP contribution in [0.15, 0.2) is 41.8 Å². The Kier molecular flexibility index (Phi) is 5.19. The van der Waals surface area contributed by atoms with Crippen molar-refractivity contribution >= 4 is 28.7 Å². The van der Waals surface area contributed by atoms with Crippen LogP contribution in [0.3, 0.4) is 0 Å². The maximum atomic E-state index is 12.4. The van der Waals surface area contributed by atoms with Gasteiger partial charge in [0.05, 0.1) is 16.3 Å². The van der Waals surface area contributed by atoms with E-state index < -0.39 is 0 Å². The number of carbonyl (C=O) groups is 1. The highest BCUT2D eigenvalue weighted by Gasteiger charge is 2.17. The molecule has 0 spiro atoms. The predicted molar refractivity (Wildman–Crippen MR) is 104 cm³/mol. The van der Waals surface area contributed by atoms with Crippen molar-refractivity contribution < 1.29 is 4.79 Å². The first kappa shape index (κ1) is 17.2. The number of anilines is 2. The SMILES string of the molecule is CCc1[nH]nc(-c2cccs2)c1NC(=O)Nc1ccc(C(C)C)cc1. The molecular formula is C19H22N4OS. The largest absolute Gasteiger partial charge is 0.323 e. The Bertz CT molecular complexity index is 835. The van der Waals surface area contributed by atoms with Gasteiger partial charge in [-0.3, -0.25) is 5.10 Å². The summed E-state index contributed by atoms with van der Waals surface area (Å²) in [6.07, 6.45) is 0.761. The molecule has 1 aromatic carbocycles. The molecule has 2 aromatic heterocycles. The summed E-state index contributed by atoms with van der Waals surface area (Å²) in [6, 6.07) is 11.6. The number of benzene rings is 1. The monoisotopic (exact) mass is 354 g/mol. The second-order valence-corrected chi connectivity index (χ2v) is 7.06. The Morgan fingerprint density at radius 2 is 1.96 bits per heavy atom. The van der Waals surface area contributed by atoms with E-state index in [1.807, 2.05) is 48.7 Å². The number of hydrogen-bond acceptors (Lipinski definition) is 3. The summed E-state index contributed by atoms with van der Waals surface area (Å²) in [6.45, 7) is 6.32. The van der Waals surface area contributed by atoms with E-state index in [0.29, 0.717) is 5.92 Å². The van der Waals surface area contributed by atoms with Gasteiger partial charge in [-0.1, -0.05) is 39.0 Å². The van der Waals surface area contributed by atoms with E-state index in [0.717, 1.165) is 34.1 Å². The normalized spacial score (nSPS) is 10.9. The smallest absolute Gasteiger partial charge is 0.308 e. The van der Waals surface area contributed by atoms with Crippen LogP contribution in [0.2, 0.25) is 0 Å². The summed E-state index contributed by atoms with van der Waals surface area (Å²) in [5.74, 6) is 0.467. The van der Waals surface area contributed by atoms with Crippen LogP contribution in [0.5, 0.6) is 0 Å². The number of aryl methyl sites for hydroxylation is 1. The third-order valence-electron chi connectivity index (χ3n) is 4.02. The fraction of sp³-hybridized carbons (Fsp3) is 0.263. The highest BCUT2D eigenvalue weighted by molar-refractivity contribution is 7.13. The van der Waals surface area contributed by atoms with Crippen molar-refractivity contribution in [2.75, 3.05) is 10.6 Å². The van der Waals surface area contributed by atoms with Crippen molar-refractivity contribution in [3.8, 4) is 10.6 Å². The molecule has 0 radical (unpaired) electrons. The van der Waals surface area contributed by atoms with Gasteiger partial charge in [-0.05, 0) is 41.5 Å². The van der Waals surface area contributed by atoms with Gasteiger partial charge in [0.25, 0.3) is 0 Å². The summed E-state index contributed by atoms with van der Waals surface area (Å²) >= 11 is 1.60. The van der Waals surface area contributed by atoms with E-state index in [1.54, 1.807) is 11.3 Å². The summed E-state index contributed by atoms with van der Waals surface area (Å²) in [5.41, 5.74) is 4.43. The molecule has 3 aromatic rings. The quantitative estimate of drug-likeness (QED) is 0.569. The molecule has 6 heteroatoms. The standard InChI is InChI=1S/C19H22N4OS/c1-4-15-17(18(23-22-15)16-6-5-11-25-16)21-19(24)20-14-9-7-13(8-10-14)12(2)3/h5-12H,4H2,1-3H3,(H,22,23)(H2,20,21,24). The van der Waals surface area contributed by atoms with E-state index in [1.165, 1.54) is 5.56 Å². The zero-order valence-corrected chi connectivity index (χ0v) is 15.4. The fourth-order valence-electron chi connectivity index (χ4n) is 2.59. The number of nitrogens with zero attached hydrogens (tertiary/aromatic N) is 1. The Balaban J connectivity index is 1.75. The van der Waals surface area contributed by atoms with Crippen molar-refractivity contribution in [3.05, 3.63) is 53.0 Å². The number of urea groups is 1. The highest BCUT2D eigenvalue weighted by atomic mass is 32.1. The molecule has 2 heterocycles. The van der Waals surface area contributed by atoms with Crippen LogP contribution in [0.1, 0.15) is 37.9 Å². The maximum Gasteiger partial charge on any atom is 0.323 e. The number of nitrogens with one attached hydrogen (secondary N) is 3. The number of aromatic amines is 1. The average molecular weight is 354 g/mol. The first-order valence-electron chi connectivity index (χ1n) is 8.37. The molecule has 0 atom stereocenters. The van der Waals surface area contributed by atoms with Gasteiger partial charge in [0.1, 0.15) is 5.69 Å². The van der Waals surface area contributed by atoms with Gasteiger partial charge < -0.3 is 10.6 Å². The molecule has 0 aliphatic rings. The second-order valence-electron chi connectivity index (χ2n) is 6.11. The molecule has 0 unspecified atom stereocenters. The topological polar surface area (TPSA) is 69.8 Å². The molecule has 0 fully saturated rings. The first-order chi connectivity index (χ1) is 12.1. The van der Waals surface area contributed by atoms with Gasteiger partial charge in [0.15, 0.2) is 0 Å². The number of H-pyrrole nitrogens is 1. The molecular weight excluding hydrogens is 332 g/mol. The molecule has 0 aliphatic heterocycles. The first-order valence-corrected chi connectivity index (χ1v) is 9.25. The Morgan fingerprint density at radius 3 is 2.56 bits per heavy atom. The van der Waals surface area contributed by atoms with E-state index in [9.17, 15) is 4.79 Å². The number of hydrogen-bond donors (Lipinski definition) is 3. The minimum absolute atomic E-state index is 0.272. The number of rotatable bonds is 5. The predicted octanol–water partition coefficient (Wildman–Crippen LogP) is 5.47. The van der Waals surface area contributed by atoms with Gasteiger partial charge in [0, 0.05) is 5.69 Å². The average Bonchev–Trinajstić information content (AvgIpc) is 3.24. The van der Waals surface area contributed by atoms with Crippen molar-refractivity contribution in [1.82, 2.24) is 10.2 Å². The van der Waals surface area contributed by atoms with Gasteiger partial charge in [-0.2, -0.15) is 5.10 Å². The Morgan fingerprint density at radius 1 is 1.20 bits per heavy atom. The summed E-state index contributed by atoms with van der Waals surface area (Å²) in [5, 5.41) is 15.2. The van der Waals surface area contributed by atoms with Crippen molar-refractivity contribution in [1.29, 1.82) is 0 Å². The third-order valence-corrected chi connectivity index (χ3v) is 4.90. The van der Waals surface area contributed by atoms with Gasteiger partial charge in [-0.15, -0.1) is 11.3 Å². The van der Waals surface area contributed by atoms with E-state index in [2.05, 4.69) is 34.7 Å². The zero-order chi connectivity index (χ0) is 17.8. The van der Waals surface area contributed by atoms with E-state index in [-0.39, 0.29) is 6.03 Å². The van der Waals surface area contributed by atoms with Gasteiger partial charge in [0.2, 0.25) is 0 Å². The van der Waals surface area contributed by atoms with Gasteiger partial charge in [-0.25, -0.2) is 4.79 Å². The number of thiophene rings is 1. The molecule has 0 aliphatic carbocycles. The van der Waals surface area contributed by atoms with Crippen molar-refractivity contribution in [2.45, 2.75) is 33.1 Å². The second kappa shape index (κ2) is 7.53. The number of aromatic nitrogens is 2. The third kappa shape index (κ3) is 3.91. The molecule has 130 valence electrons. The lowest BCUT2D eigenvalue weighted by Gasteiger charge is -2.10.